The second-order valence-corrected chi connectivity index (χ2v) is 7.58. The van der Waals surface area contributed by atoms with E-state index in [1.165, 1.54) is 18.2 Å². The maximum atomic E-state index is 12.7. The number of benzene rings is 2. The van der Waals surface area contributed by atoms with Crippen molar-refractivity contribution in [2.75, 3.05) is 0 Å². The first-order valence-electron chi connectivity index (χ1n) is 9.61. The number of carbonyl (C=O) groups excluding carboxylic acids is 1. The number of phenols is 5. The van der Waals surface area contributed by atoms with Crippen molar-refractivity contribution in [3.05, 3.63) is 59.1 Å². The van der Waals surface area contributed by atoms with E-state index >= 15 is 0 Å². The number of aliphatic hydroxyl groups excluding tert-OH is 2. The van der Waals surface area contributed by atoms with Crippen LogP contribution >= 0.6 is 0 Å². The van der Waals surface area contributed by atoms with Crippen LogP contribution in [0.2, 0.25) is 0 Å². The van der Waals surface area contributed by atoms with Crippen molar-refractivity contribution in [2.45, 2.75) is 25.0 Å². The van der Waals surface area contributed by atoms with Gasteiger partial charge in [0, 0.05) is 30.0 Å². The number of fused-ring (bicyclic) bond motifs is 1. The molecule has 4 rings (SSSR count). The Labute approximate surface area is 181 Å². The van der Waals surface area contributed by atoms with Gasteiger partial charge in [-0.15, -0.1) is 0 Å². The van der Waals surface area contributed by atoms with Crippen LogP contribution in [0.15, 0.2) is 47.9 Å². The molecular formula is C22H20O10. The van der Waals surface area contributed by atoms with E-state index in [1.807, 2.05) is 0 Å². The minimum absolute atomic E-state index is 0.00526. The van der Waals surface area contributed by atoms with Crippen molar-refractivity contribution in [3.63, 3.8) is 0 Å². The summed E-state index contributed by atoms with van der Waals surface area (Å²) in [7, 11) is 0. The predicted molar refractivity (Wildman–Crippen MR) is 108 cm³/mol. The molecule has 0 aromatic heterocycles. The van der Waals surface area contributed by atoms with E-state index in [1.54, 1.807) is 0 Å². The van der Waals surface area contributed by atoms with Gasteiger partial charge in [-0.05, 0) is 30.7 Å². The van der Waals surface area contributed by atoms with Gasteiger partial charge in [-0.2, -0.15) is 0 Å². The first kappa shape index (κ1) is 21.0. The van der Waals surface area contributed by atoms with E-state index in [0.717, 1.165) is 18.2 Å². The Hall–Kier alpha value is -4.21. The number of hydrogen-bond donors (Lipinski definition) is 7. The Morgan fingerprint density at radius 3 is 2.25 bits per heavy atom. The summed E-state index contributed by atoms with van der Waals surface area (Å²) in [6, 6.07) is 4.26. The van der Waals surface area contributed by atoms with Gasteiger partial charge in [0.25, 0.3) is 0 Å². The molecule has 0 amide bonds. The number of ether oxygens (including phenoxy) is 2. The van der Waals surface area contributed by atoms with Crippen molar-refractivity contribution in [1.82, 2.24) is 0 Å². The summed E-state index contributed by atoms with van der Waals surface area (Å²) in [5.74, 6) is -4.69. The Bertz CT molecular complexity index is 1130. The molecule has 10 heteroatoms. The standard InChI is InChI=1S/C22H20O10/c23-11-6-14(25)12-8-19(32-22(30)10-4-16(27)20(29)17(28)5-10)21(31-18(12)7-11)9-1-2-13(24)15(26)3-9/h2-7,9,19,21,23-29H,1,8H2/t9?,19-,21-/m1/s1. The van der Waals surface area contributed by atoms with Crippen LogP contribution in [0.5, 0.6) is 34.5 Å². The Balaban J connectivity index is 1.67. The molecule has 0 saturated heterocycles. The summed E-state index contributed by atoms with van der Waals surface area (Å²) >= 11 is 0. The molecule has 1 aliphatic carbocycles. The SMILES string of the molecule is O=C(O[C@@H]1Cc2c(O)cc(O)cc2O[C@@H]1C1C=C(O)C(O)=CC1)c1cc(O)c(O)c(O)c1. The van der Waals surface area contributed by atoms with Gasteiger partial charge in [0.1, 0.15) is 29.5 Å². The van der Waals surface area contributed by atoms with Gasteiger partial charge in [0.15, 0.2) is 28.8 Å². The van der Waals surface area contributed by atoms with Crippen molar-refractivity contribution in [1.29, 1.82) is 0 Å². The van der Waals surface area contributed by atoms with Crippen LogP contribution in [0.3, 0.4) is 0 Å². The van der Waals surface area contributed by atoms with Crippen molar-refractivity contribution >= 4 is 5.97 Å². The summed E-state index contributed by atoms with van der Waals surface area (Å²) in [5.41, 5.74) is 0.0486. The monoisotopic (exact) mass is 444 g/mol. The highest BCUT2D eigenvalue weighted by Gasteiger charge is 2.40. The molecule has 1 heterocycles. The Morgan fingerprint density at radius 1 is 0.906 bits per heavy atom. The minimum Gasteiger partial charge on any atom is -0.508 e. The van der Waals surface area contributed by atoms with Crippen LogP contribution in [0, 0.1) is 5.92 Å². The maximum Gasteiger partial charge on any atom is 0.338 e. The highest BCUT2D eigenvalue weighted by molar-refractivity contribution is 5.91. The summed E-state index contributed by atoms with van der Waals surface area (Å²) in [4.78, 5) is 12.7. The zero-order chi connectivity index (χ0) is 23.2. The van der Waals surface area contributed by atoms with Gasteiger partial charge >= 0.3 is 5.97 Å². The second-order valence-electron chi connectivity index (χ2n) is 7.58. The zero-order valence-corrected chi connectivity index (χ0v) is 16.5. The van der Waals surface area contributed by atoms with Crippen LogP contribution in [-0.4, -0.2) is 53.9 Å². The minimum atomic E-state index is -0.994. The normalized spacial score (nSPS) is 22.2. The predicted octanol–water partition coefficient (Wildman–Crippen LogP) is 2.65. The molecule has 1 aliphatic heterocycles. The third-order valence-corrected chi connectivity index (χ3v) is 5.41. The van der Waals surface area contributed by atoms with Crippen LogP contribution in [0.25, 0.3) is 0 Å². The third-order valence-electron chi connectivity index (χ3n) is 5.41. The molecule has 7 N–H and O–H groups in total. The molecule has 168 valence electrons. The van der Waals surface area contributed by atoms with E-state index in [9.17, 15) is 40.5 Å². The highest BCUT2D eigenvalue weighted by atomic mass is 16.6. The second kappa shape index (κ2) is 7.80. The van der Waals surface area contributed by atoms with Crippen LogP contribution in [0.4, 0.5) is 0 Å². The smallest absolute Gasteiger partial charge is 0.338 e. The summed E-state index contributed by atoms with van der Waals surface area (Å²) in [6.07, 6.45) is 1.11. The van der Waals surface area contributed by atoms with Crippen molar-refractivity contribution in [3.8, 4) is 34.5 Å². The van der Waals surface area contributed by atoms with Crippen molar-refractivity contribution < 1.29 is 50.0 Å². The molecule has 0 fully saturated rings. The number of rotatable bonds is 3. The molecule has 32 heavy (non-hydrogen) atoms. The molecule has 0 radical (unpaired) electrons. The van der Waals surface area contributed by atoms with Gasteiger partial charge in [0.2, 0.25) is 0 Å². The molecule has 1 unspecified atom stereocenters. The number of aliphatic hydroxyl groups is 2. The number of hydrogen-bond acceptors (Lipinski definition) is 10. The van der Waals surface area contributed by atoms with Crippen molar-refractivity contribution in [2.24, 2.45) is 5.92 Å². The van der Waals surface area contributed by atoms with Crippen LogP contribution < -0.4 is 4.74 Å². The lowest BCUT2D eigenvalue weighted by molar-refractivity contribution is -0.0316. The lowest BCUT2D eigenvalue weighted by atomic mass is 9.85. The fraction of sp³-hybridized carbons (Fsp3) is 0.227. The van der Waals surface area contributed by atoms with Crippen LogP contribution in [-0.2, 0) is 11.2 Å². The largest absolute Gasteiger partial charge is 0.508 e. The fourth-order valence-corrected chi connectivity index (χ4v) is 3.80. The van der Waals surface area contributed by atoms with Gasteiger partial charge in [-0.25, -0.2) is 4.79 Å². The molecule has 0 spiro atoms. The number of carbonyl (C=O) groups is 1. The lowest BCUT2D eigenvalue weighted by Crippen LogP contribution is -2.45. The molecule has 10 nitrogen and oxygen atoms in total. The maximum absolute atomic E-state index is 12.7. The van der Waals surface area contributed by atoms with E-state index in [0.29, 0.717) is 0 Å². The van der Waals surface area contributed by atoms with E-state index in [2.05, 4.69) is 0 Å². The molecule has 2 aliphatic rings. The van der Waals surface area contributed by atoms with E-state index < -0.39 is 41.3 Å². The average molecular weight is 444 g/mol. The Kier molecular flexibility index (Phi) is 5.13. The quantitative estimate of drug-likeness (QED) is 0.275. The molecule has 3 atom stereocenters. The molecule has 0 bridgehead atoms. The van der Waals surface area contributed by atoms with Crippen LogP contribution in [0.1, 0.15) is 22.3 Å². The summed E-state index contributed by atoms with van der Waals surface area (Å²) in [6.45, 7) is 0. The molecule has 2 aromatic carbocycles. The Morgan fingerprint density at radius 2 is 1.59 bits per heavy atom. The number of aromatic hydroxyl groups is 5. The number of allylic oxidation sites excluding steroid dienone is 1. The van der Waals surface area contributed by atoms with Gasteiger partial charge < -0.3 is 45.2 Å². The molecule has 0 saturated carbocycles. The van der Waals surface area contributed by atoms with Gasteiger partial charge in [0.05, 0.1) is 5.56 Å². The summed E-state index contributed by atoms with van der Waals surface area (Å²) in [5, 5.41) is 68.4. The first-order valence-corrected chi connectivity index (χ1v) is 9.61. The highest BCUT2D eigenvalue weighted by Crippen LogP contribution is 2.42. The van der Waals surface area contributed by atoms with Gasteiger partial charge in [-0.3, -0.25) is 0 Å². The third kappa shape index (κ3) is 3.78. The molecule has 2 aromatic rings. The average Bonchev–Trinajstić information content (AvgIpc) is 2.73. The summed E-state index contributed by atoms with van der Waals surface area (Å²) < 4.78 is 11.5. The fourth-order valence-electron chi connectivity index (χ4n) is 3.80. The number of esters is 1. The van der Waals surface area contributed by atoms with Gasteiger partial charge in [-0.1, -0.05) is 0 Å². The molecular weight excluding hydrogens is 424 g/mol. The van der Waals surface area contributed by atoms with E-state index in [4.69, 9.17) is 9.47 Å². The number of phenolic OH excluding ortho intramolecular Hbond substituents is 5. The zero-order valence-electron chi connectivity index (χ0n) is 16.5. The topological polar surface area (TPSA) is 177 Å². The first-order chi connectivity index (χ1) is 15.1. The van der Waals surface area contributed by atoms with E-state index in [-0.39, 0.29) is 52.7 Å². The lowest BCUT2D eigenvalue weighted by Gasteiger charge is -2.37.